The quantitative estimate of drug-likeness (QED) is 0.827. The molecule has 0 fully saturated rings. The van der Waals surface area contributed by atoms with Crippen LogP contribution in [0.1, 0.15) is 37.8 Å². The molecular formula is C14H19F2NO2. The van der Waals surface area contributed by atoms with Gasteiger partial charge in [0.15, 0.2) is 0 Å². The van der Waals surface area contributed by atoms with Gasteiger partial charge in [-0.3, -0.25) is 9.69 Å². The number of carbonyl (C=O) groups is 1. The van der Waals surface area contributed by atoms with Gasteiger partial charge in [-0.05, 0) is 19.4 Å². The Labute approximate surface area is 111 Å². The number of carboxylic acids is 1. The number of rotatable bonds is 7. The van der Waals surface area contributed by atoms with Gasteiger partial charge < -0.3 is 5.11 Å². The Morgan fingerprint density at radius 2 is 1.84 bits per heavy atom. The van der Waals surface area contributed by atoms with E-state index in [0.717, 1.165) is 5.56 Å². The minimum Gasteiger partial charge on any atom is -0.481 e. The number of aliphatic carboxylic acids is 1. The molecular weight excluding hydrogens is 252 g/mol. The highest BCUT2D eigenvalue weighted by Gasteiger charge is 2.12. The molecule has 1 aromatic rings. The number of alkyl halides is 2. The lowest BCUT2D eigenvalue weighted by molar-refractivity contribution is -0.137. The van der Waals surface area contributed by atoms with Crippen molar-refractivity contribution in [3.8, 4) is 0 Å². The van der Waals surface area contributed by atoms with Crippen molar-refractivity contribution in [2.45, 2.75) is 39.3 Å². The molecule has 0 saturated heterocycles. The van der Waals surface area contributed by atoms with Crippen molar-refractivity contribution in [1.29, 1.82) is 0 Å². The van der Waals surface area contributed by atoms with Gasteiger partial charge in [-0.2, -0.15) is 0 Å². The van der Waals surface area contributed by atoms with E-state index in [1.807, 2.05) is 18.7 Å². The summed E-state index contributed by atoms with van der Waals surface area (Å²) in [7, 11) is 0. The zero-order valence-corrected chi connectivity index (χ0v) is 11.1. The molecule has 3 nitrogen and oxygen atoms in total. The molecule has 1 rings (SSSR count). The standard InChI is InChI=1S/C14H19F2NO2/c1-10(2)17(8-7-13(18)19)9-11-3-5-12(6-4-11)14(15)16/h3-6,10,14H,7-9H2,1-2H3,(H,18,19). The van der Waals surface area contributed by atoms with E-state index in [1.165, 1.54) is 12.1 Å². The van der Waals surface area contributed by atoms with Crippen LogP contribution < -0.4 is 0 Å². The largest absolute Gasteiger partial charge is 0.481 e. The molecule has 0 atom stereocenters. The topological polar surface area (TPSA) is 40.5 Å². The van der Waals surface area contributed by atoms with Gasteiger partial charge in [0.2, 0.25) is 0 Å². The predicted octanol–water partition coefficient (Wildman–Crippen LogP) is 3.31. The third kappa shape index (κ3) is 5.34. The van der Waals surface area contributed by atoms with Crippen LogP contribution in [-0.2, 0) is 11.3 Å². The zero-order valence-electron chi connectivity index (χ0n) is 11.1. The third-order valence-electron chi connectivity index (χ3n) is 2.96. The summed E-state index contributed by atoms with van der Waals surface area (Å²) in [4.78, 5) is 12.6. The van der Waals surface area contributed by atoms with E-state index < -0.39 is 12.4 Å². The highest BCUT2D eigenvalue weighted by atomic mass is 19.3. The van der Waals surface area contributed by atoms with Crippen LogP contribution >= 0.6 is 0 Å². The fourth-order valence-corrected chi connectivity index (χ4v) is 1.76. The van der Waals surface area contributed by atoms with Crippen molar-refractivity contribution in [3.05, 3.63) is 35.4 Å². The molecule has 0 heterocycles. The number of carboxylic acid groups (broad SMARTS) is 1. The second kappa shape index (κ2) is 7.19. The summed E-state index contributed by atoms with van der Waals surface area (Å²) < 4.78 is 24.8. The lowest BCUT2D eigenvalue weighted by Gasteiger charge is -2.25. The van der Waals surface area contributed by atoms with Gasteiger partial charge in [0.25, 0.3) is 6.43 Å². The first-order chi connectivity index (χ1) is 8.90. The van der Waals surface area contributed by atoms with Crippen LogP contribution in [0, 0.1) is 0 Å². The normalized spacial score (nSPS) is 11.5. The molecule has 0 unspecified atom stereocenters. The lowest BCUT2D eigenvalue weighted by atomic mass is 10.1. The van der Waals surface area contributed by atoms with Crippen molar-refractivity contribution in [2.24, 2.45) is 0 Å². The number of hydrogen-bond acceptors (Lipinski definition) is 2. The maximum Gasteiger partial charge on any atom is 0.304 e. The second-order valence-corrected chi connectivity index (χ2v) is 4.75. The Morgan fingerprint density at radius 3 is 2.26 bits per heavy atom. The molecule has 0 aliphatic carbocycles. The molecule has 0 aromatic heterocycles. The first-order valence-corrected chi connectivity index (χ1v) is 6.23. The highest BCUT2D eigenvalue weighted by molar-refractivity contribution is 5.66. The molecule has 19 heavy (non-hydrogen) atoms. The third-order valence-corrected chi connectivity index (χ3v) is 2.96. The Balaban J connectivity index is 2.65. The van der Waals surface area contributed by atoms with Crippen LogP contribution in [0.3, 0.4) is 0 Å². The van der Waals surface area contributed by atoms with Crippen molar-refractivity contribution < 1.29 is 18.7 Å². The van der Waals surface area contributed by atoms with Crippen LogP contribution in [0.25, 0.3) is 0 Å². The van der Waals surface area contributed by atoms with E-state index in [0.29, 0.717) is 13.1 Å². The summed E-state index contributed by atoms with van der Waals surface area (Å²) in [5.74, 6) is -0.835. The summed E-state index contributed by atoms with van der Waals surface area (Å²) in [6, 6.07) is 6.36. The summed E-state index contributed by atoms with van der Waals surface area (Å²) in [5, 5.41) is 8.70. The fourth-order valence-electron chi connectivity index (χ4n) is 1.76. The molecule has 0 spiro atoms. The maximum absolute atomic E-state index is 12.4. The first kappa shape index (κ1) is 15.6. The molecule has 0 radical (unpaired) electrons. The van der Waals surface area contributed by atoms with E-state index >= 15 is 0 Å². The van der Waals surface area contributed by atoms with Crippen LogP contribution in [-0.4, -0.2) is 28.6 Å². The minimum atomic E-state index is -2.46. The first-order valence-electron chi connectivity index (χ1n) is 6.23. The van der Waals surface area contributed by atoms with E-state index in [1.54, 1.807) is 12.1 Å². The molecule has 106 valence electrons. The molecule has 0 aliphatic rings. The van der Waals surface area contributed by atoms with Gasteiger partial charge in [0.1, 0.15) is 0 Å². The lowest BCUT2D eigenvalue weighted by Crippen LogP contribution is -2.32. The SMILES string of the molecule is CC(C)N(CCC(=O)O)Cc1ccc(C(F)F)cc1. The van der Waals surface area contributed by atoms with E-state index in [9.17, 15) is 13.6 Å². The smallest absolute Gasteiger partial charge is 0.304 e. The number of nitrogens with zero attached hydrogens (tertiary/aromatic N) is 1. The fraction of sp³-hybridized carbons (Fsp3) is 0.500. The molecule has 0 saturated carbocycles. The van der Waals surface area contributed by atoms with Crippen molar-refractivity contribution in [2.75, 3.05) is 6.54 Å². The van der Waals surface area contributed by atoms with Gasteiger partial charge in [0, 0.05) is 24.7 Å². The number of halogens is 2. The van der Waals surface area contributed by atoms with Crippen molar-refractivity contribution in [1.82, 2.24) is 4.90 Å². The van der Waals surface area contributed by atoms with Gasteiger partial charge in [-0.15, -0.1) is 0 Å². The monoisotopic (exact) mass is 271 g/mol. The summed E-state index contributed by atoms with van der Waals surface area (Å²) in [5.41, 5.74) is 0.911. The molecule has 0 aliphatic heterocycles. The summed E-state index contributed by atoms with van der Waals surface area (Å²) in [6.07, 6.45) is -2.38. The van der Waals surface area contributed by atoms with Crippen LogP contribution in [0.4, 0.5) is 8.78 Å². The average molecular weight is 271 g/mol. The zero-order chi connectivity index (χ0) is 14.4. The molecule has 1 N–H and O–H groups in total. The second-order valence-electron chi connectivity index (χ2n) is 4.75. The number of hydrogen-bond donors (Lipinski definition) is 1. The van der Waals surface area contributed by atoms with Gasteiger partial charge >= 0.3 is 5.97 Å². The predicted molar refractivity (Wildman–Crippen MR) is 69.2 cm³/mol. The van der Waals surface area contributed by atoms with Crippen molar-refractivity contribution >= 4 is 5.97 Å². The van der Waals surface area contributed by atoms with Gasteiger partial charge in [-0.1, -0.05) is 24.3 Å². The molecule has 1 aromatic carbocycles. The van der Waals surface area contributed by atoms with Gasteiger partial charge in [0.05, 0.1) is 6.42 Å². The minimum absolute atomic E-state index is 0.00498. The van der Waals surface area contributed by atoms with E-state index in [4.69, 9.17) is 5.11 Å². The van der Waals surface area contributed by atoms with Crippen LogP contribution in [0.5, 0.6) is 0 Å². The molecule has 0 bridgehead atoms. The Bertz CT molecular complexity index is 404. The Morgan fingerprint density at radius 1 is 1.26 bits per heavy atom. The molecule has 0 amide bonds. The van der Waals surface area contributed by atoms with Crippen molar-refractivity contribution in [3.63, 3.8) is 0 Å². The van der Waals surface area contributed by atoms with Gasteiger partial charge in [-0.25, -0.2) is 8.78 Å². The summed E-state index contributed by atoms with van der Waals surface area (Å²) >= 11 is 0. The average Bonchev–Trinajstić information content (AvgIpc) is 2.34. The Hall–Kier alpha value is -1.49. The van der Waals surface area contributed by atoms with E-state index in [2.05, 4.69) is 0 Å². The number of benzene rings is 1. The summed E-state index contributed by atoms with van der Waals surface area (Å²) in [6.45, 7) is 4.98. The van der Waals surface area contributed by atoms with Crippen LogP contribution in [0.2, 0.25) is 0 Å². The molecule has 5 heteroatoms. The van der Waals surface area contributed by atoms with E-state index in [-0.39, 0.29) is 18.0 Å². The maximum atomic E-state index is 12.4. The van der Waals surface area contributed by atoms with Crippen LogP contribution in [0.15, 0.2) is 24.3 Å². The Kier molecular flexibility index (Phi) is 5.89. The highest BCUT2D eigenvalue weighted by Crippen LogP contribution is 2.19.